The summed E-state index contributed by atoms with van der Waals surface area (Å²) in [4.78, 5) is 15.2. The second-order valence-electron chi connectivity index (χ2n) is 8.05. The lowest BCUT2D eigenvalue weighted by atomic mass is 9.69. The van der Waals surface area contributed by atoms with E-state index in [1.54, 1.807) is 0 Å². The van der Waals surface area contributed by atoms with Crippen molar-refractivity contribution in [3.63, 3.8) is 0 Å². The van der Waals surface area contributed by atoms with Gasteiger partial charge >= 0.3 is 5.97 Å². The molecular weight excluding hydrogens is 298 g/mol. The van der Waals surface area contributed by atoms with Gasteiger partial charge < -0.3 is 9.64 Å². The van der Waals surface area contributed by atoms with Gasteiger partial charge in [-0.25, -0.2) is 0 Å². The molecule has 0 saturated heterocycles. The van der Waals surface area contributed by atoms with Gasteiger partial charge in [0.1, 0.15) is 6.61 Å². The van der Waals surface area contributed by atoms with Crippen LogP contribution in [0.1, 0.15) is 90.9 Å². The normalized spacial score (nSPS) is 21.8. The molecule has 140 valence electrons. The lowest BCUT2D eigenvalue weighted by molar-refractivity contribution is -0.159. The minimum absolute atomic E-state index is 0.116. The molecule has 0 heterocycles. The molecule has 2 saturated carbocycles. The average molecular weight is 338 g/mol. The maximum absolute atomic E-state index is 12.9. The standard InChI is InChI=1S/C21H39NO2/c1-3-22(4-2)17-18-24-20(23)21(14-9-6-10-15-21)16-13-19-11-7-5-8-12-19/h19H,3-18H2,1-2H3. The molecule has 0 unspecified atom stereocenters. The molecule has 0 aliphatic heterocycles. The first-order valence-electron chi connectivity index (χ1n) is 10.6. The molecule has 0 spiro atoms. The highest BCUT2D eigenvalue weighted by Crippen LogP contribution is 2.43. The van der Waals surface area contributed by atoms with Crippen molar-refractivity contribution in [1.82, 2.24) is 4.90 Å². The highest BCUT2D eigenvalue weighted by Gasteiger charge is 2.41. The van der Waals surface area contributed by atoms with Gasteiger partial charge in [0.15, 0.2) is 0 Å². The van der Waals surface area contributed by atoms with Gasteiger partial charge in [0.2, 0.25) is 0 Å². The highest BCUT2D eigenvalue weighted by molar-refractivity contribution is 5.77. The molecule has 2 rings (SSSR count). The number of carbonyl (C=O) groups excluding carboxylic acids is 1. The van der Waals surface area contributed by atoms with Crippen molar-refractivity contribution in [2.45, 2.75) is 90.9 Å². The van der Waals surface area contributed by atoms with Gasteiger partial charge in [0.25, 0.3) is 0 Å². The first-order chi connectivity index (χ1) is 11.7. The monoisotopic (exact) mass is 337 g/mol. The first-order valence-corrected chi connectivity index (χ1v) is 10.6. The second-order valence-corrected chi connectivity index (χ2v) is 8.05. The van der Waals surface area contributed by atoms with Gasteiger partial charge in [0.05, 0.1) is 5.41 Å². The van der Waals surface area contributed by atoms with E-state index in [-0.39, 0.29) is 11.4 Å². The Kier molecular flexibility index (Phi) is 8.58. The maximum atomic E-state index is 12.9. The average Bonchev–Trinajstić information content (AvgIpc) is 2.65. The number of esters is 1. The van der Waals surface area contributed by atoms with Crippen molar-refractivity contribution in [3.8, 4) is 0 Å². The zero-order valence-corrected chi connectivity index (χ0v) is 16.2. The lowest BCUT2D eigenvalue weighted by Crippen LogP contribution is -2.37. The molecule has 2 aliphatic rings. The molecule has 0 aromatic carbocycles. The Morgan fingerprint density at radius 3 is 2.25 bits per heavy atom. The predicted octanol–water partition coefficient (Wildman–Crippen LogP) is 5.18. The van der Waals surface area contributed by atoms with E-state index in [4.69, 9.17) is 4.74 Å². The molecule has 24 heavy (non-hydrogen) atoms. The summed E-state index contributed by atoms with van der Waals surface area (Å²) in [6.07, 6.45) is 15.1. The van der Waals surface area contributed by atoms with Crippen LogP contribution in [0.5, 0.6) is 0 Å². The Morgan fingerprint density at radius 1 is 1.00 bits per heavy atom. The van der Waals surface area contributed by atoms with Gasteiger partial charge in [-0.3, -0.25) is 4.79 Å². The molecule has 0 aromatic rings. The van der Waals surface area contributed by atoms with E-state index < -0.39 is 0 Å². The van der Waals surface area contributed by atoms with Gasteiger partial charge in [-0.15, -0.1) is 0 Å². The van der Waals surface area contributed by atoms with Crippen LogP contribution in [0.15, 0.2) is 0 Å². The number of hydrogen-bond acceptors (Lipinski definition) is 3. The fraction of sp³-hybridized carbons (Fsp3) is 0.952. The minimum Gasteiger partial charge on any atom is -0.464 e. The van der Waals surface area contributed by atoms with E-state index in [9.17, 15) is 4.79 Å². The second kappa shape index (κ2) is 10.4. The van der Waals surface area contributed by atoms with Gasteiger partial charge in [0, 0.05) is 6.54 Å². The quantitative estimate of drug-likeness (QED) is 0.543. The van der Waals surface area contributed by atoms with Crippen LogP contribution in [0.25, 0.3) is 0 Å². The summed E-state index contributed by atoms with van der Waals surface area (Å²) in [6, 6.07) is 0. The Hall–Kier alpha value is -0.570. The highest BCUT2D eigenvalue weighted by atomic mass is 16.5. The fourth-order valence-corrected chi connectivity index (χ4v) is 4.70. The number of hydrogen-bond donors (Lipinski definition) is 0. The molecule has 2 aliphatic carbocycles. The first kappa shape index (κ1) is 19.8. The summed E-state index contributed by atoms with van der Waals surface area (Å²) in [5.74, 6) is 0.978. The van der Waals surface area contributed by atoms with Crippen molar-refractivity contribution in [3.05, 3.63) is 0 Å². The third-order valence-corrected chi connectivity index (χ3v) is 6.53. The van der Waals surface area contributed by atoms with Crippen LogP contribution in [0.4, 0.5) is 0 Å². The van der Waals surface area contributed by atoms with Crippen molar-refractivity contribution >= 4 is 5.97 Å². The molecule has 0 radical (unpaired) electrons. The van der Waals surface area contributed by atoms with E-state index >= 15 is 0 Å². The van der Waals surface area contributed by atoms with Crippen LogP contribution in [0.3, 0.4) is 0 Å². The van der Waals surface area contributed by atoms with E-state index in [2.05, 4.69) is 18.7 Å². The van der Waals surface area contributed by atoms with Crippen LogP contribution in [-0.4, -0.2) is 37.1 Å². The van der Waals surface area contributed by atoms with Gasteiger partial charge in [-0.2, -0.15) is 0 Å². The van der Waals surface area contributed by atoms with E-state index in [1.807, 2.05) is 0 Å². The van der Waals surface area contributed by atoms with Crippen LogP contribution in [0, 0.1) is 11.3 Å². The molecule has 0 N–H and O–H groups in total. The number of carbonyl (C=O) groups is 1. The molecule has 3 nitrogen and oxygen atoms in total. The Balaban J connectivity index is 1.84. The topological polar surface area (TPSA) is 29.5 Å². The smallest absolute Gasteiger partial charge is 0.312 e. The van der Waals surface area contributed by atoms with Crippen LogP contribution < -0.4 is 0 Å². The number of rotatable bonds is 9. The third kappa shape index (κ3) is 5.75. The van der Waals surface area contributed by atoms with E-state index in [0.717, 1.165) is 44.8 Å². The molecule has 0 bridgehead atoms. The van der Waals surface area contributed by atoms with E-state index in [0.29, 0.717) is 6.61 Å². The van der Waals surface area contributed by atoms with Crippen molar-refractivity contribution in [1.29, 1.82) is 0 Å². The summed E-state index contributed by atoms with van der Waals surface area (Å²) < 4.78 is 5.78. The van der Waals surface area contributed by atoms with Crippen LogP contribution in [-0.2, 0) is 9.53 Å². The lowest BCUT2D eigenvalue weighted by Gasteiger charge is -2.36. The van der Waals surface area contributed by atoms with E-state index in [1.165, 1.54) is 57.8 Å². The van der Waals surface area contributed by atoms with Gasteiger partial charge in [-0.1, -0.05) is 65.2 Å². The molecule has 0 aromatic heterocycles. The number of nitrogens with zero attached hydrogens (tertiary/aromatic N) is 1. The predicted molar refractivity (Wildman–Crippen MR) is 100 cm³/mol. The molecule has 2 fully saturated rings. The fourth-order valence-electron chi connectivity index (χ4n) is 4.70. The Morgan fingerprint density at radius 2 is 1.62 bits per heavy atom. The SMILES string of the molecule is CCN(CC)CCOC(=O)C1(CCC2CCCCC2)CCCCC1. The molecule has 0 atom stereocenters. The van der Waals surface area contributed by atoms with Crippen LogP contribution in [0.2, 0.25) is 0 Å². The summed E-state index contributed by atoms with van der Waals surface area (Å²) in [5, 5.41) is 0. The molecular formula is C21H39NO2. The zero-order chi connectivity index (χ0) is 17.3. The Labute approximate surface area is 149 Å². The van der Waals surface area contributed by atoms with Crippen molar-refractivity contribution in [2.75, 3.05) is 26.2 Å². The number of ether oxygens (including phenoxy) is 1. The third-order valence-electron chi connectivity index (χ3n) is 6.53. The minimum atomic E-state index is -0.154. The number of likely N-dealkylation sites (N-methyl/N-ethyl adjacent to an activating group) is 1. The van der Waals surface area contributed by atoms with Crippen LogP contribution >= 0.6 is 0 Å². The van der Waals surface area contributed by atoms with Crippen molar-refractivity contribution in [2.24, 2.45) is 11.3 Å². The molecule has 0 amide bonds. The summed E-state index contributed by atoms with van der Waals surface area (Å²) in [7, 11) is 0. The zero-order valence-electron chi connectivity index (χ0n) is 16.2. The summed E-state index contributed by atoms with van der Waals surface area (Å²) in [6.45, 7) is 7.82. The maximum Gasteiger partial charge on any atom is 0.312 e. The Bertz CT molecular complexity index is 353. The summed E-state index contributed by atoms with van der Waals surface area (Å²) >= 11 is 0. The molecule has 3 heteroatoms. The summed E-state index contributed by atoms with van der Waals surface area (Å²) in [5.41, 5.74) is -0.154. The van der Waals surface area contributed by atoms with Gasteiger partial charge in [-0.05, 0) is 44.7 Å². The van der Waals surface area contributed by atoms with Crippen molar-refractivity contribution < 1.29 is 9.53 Å². The largest absolute Gasteiger partial charge is 0.464 e.